The van der Waals surface area contributed by atoms with Gasteiger partial charge in [-0.3, -0.25) is 0 Å². The van der Waals surface area contributed by atoms with Crippen LogP contribution in [0.2, 0.25) is 0 Å². The van der Waals surface area contributed by atoms with Gasteiger partial charge >= 0.3 is 12.1 Å². The molecule has 1 aliphatic carbocycles. The number of carbonyl (C=O) groups is 2. The normalized spacial score (nSPS) is 12.7. The van der Waals surface area contributed by atoms with Gasteiger partial charge in [-0.1, -0.05) is 66.6 Å². The summed E-state index contributed by atoms with van der Waals surface area (Å²) in [6.45, 7) is 0.272. The highest BCUT2D eigenvalue weighted by Crippen LogP contribution is 2.44. The number of fused-ring (bicyclic) bond motifs is 3. The van der Waals surface area contributed by atoms with Crippen molar-refractivity contribution in [1.82, 2.24) is 5.32 Å². The molecule has 0 saturated carbocycles. The molecule has 6 heteroatoms. The minimum absolute atomic E-state index is 0.0954. The van der Waals surface area contributed by atoms with Crippen LogP contribution in [-0.2, 0) is 16.0 Å². The van der Waals surface area contributed by atoms with Gasteiger partial charge < -0.3 is 19.9 Å². The van der Waals surface area contributed by atoms with E-state index < -0.39 is 18.1 Å². The lowest BCUT2D eigenvalue weighted by atomic mass is 9.98. The first-order chi connectivity index (χ1) is 16.1. The predicted molar refractivity (Wildman–Crippen MR) is 124 cm³/mol. The Hall–Kier alpha value is -4.24. The molecular formula is C27H23NO5. The Kier molecular flexibility index (Phi) is 6.61. The summed E-state index contributed by atoms with van der Waals surface area (Å²) < 4.78 is 10.8. The second-order valence-corrected chi connectivity index (χ2v) is 7.70. The van der Waals surface area contributed by atoms with E-state index in [9.17, 15) is 14.7 Å². The van der Waals surface area contributed by atoms with Gasteiger partial charge in [0.2, 0.25) is 0 Å². The Labute approximate surface area is 192 Å². The largest absolute Gasteiger partial charge is 0.481 e. The molecular weight excluding hydrogens is 418 g/mol. The van der Waals surface area contributed by atoms with Crippen LogP contribution in [0.1, 0.15) is 22.6 Å². The van der Waals surface area contributed by atoms with Gasteiger partial charge in [-0.15, -0.1) is 6.42 Å². The van der Waals surface area contributed by atoms with E-state index >= 15 is 0 Å². The van der Waals surface area contributed by atoms with E-state index in [0.29, 0.717) is 5.75 Å². The highest BCUT2D eigenvalue weighted by Gasteiger charge is 2.29. The Morgan fingerprint density at radius 3 is 2.15 bits per heavy atom. The van der Waals surface area contributed by atoms with E-state index in [2.05, 4.69) is 23.4 Å². The minimum Gasteiger partial charge on any atom is -0.481 e. The van der Waals surface area contributed by atoms with E-state index in [1.54, 1.807) is 24.3 Å². The zero-order chi connectivity index (χ0) is 23.2. The number of carbonyl (C=O) groups excluding carboxylic acids is 1. The molecule has 1 amide bonds. The van der Waals surface area contributed by atoms with Crippen LogP contribution in [0.25, 0.3) is 11.1 Å². The quantitative estimate of drug-likeness (QED) is 0.511. The summed E-state index contributed by atoms with van der Waals surface area (Å²) in [5, 5.41) is 12.0. The number of amides is 1. The van der Waals surface area contributed by atoms with E-state index in [4.69, 9.17) is 15.9 Å². The van der Waals surface area contributed by atoms with Crippen LogP contribution in [0.3, 0.4) is 0 Å². The van der Waals surface area contributed by atoms with Crippen molar-refractivity contribution in [1.29, 1.82) is 0 Å². The number of carboxylic acids is 1. The van der Waals surface area contributed by atoms with Crippen molar-refractivity contribution in [2.45, 2.75) is 18.4 Å². The maximum absolute atomic E-state index is 12.5. The highest BCUT2D eigenvalue weighted by atomic mass is 16.5. The summed E-state index contributed by atoms with van der Waals surface area (Å²) in [5.41, 5.74) is 5.16. The monoisotopic (exact) mass is 441 g/mol. The molecule has 3 aromatic rings. The van der Waals surface area contributed by atoms with Crippen LogP contribution in [0.5, 0.6) is 5.75 Å². The van der Waals surface area contributed by atoms with Gasteiger partial charge in [0.25, 0.3) is 0 Å². The van der Waals surface area contributed by atoms with Crippen LogP contribution < -0.4 is 10.1 Å². The van der Waals surface area contributed by atoms with Crippen LogP contribution in [0, 0.1) is 12.3 Å². The Balaban J connectivity index is 1.38. The van der Waals surface area contributed by atoms with Crippen molar-refractivity contribution in [3.05, 3.63) is 89.5 Å². The minimum atomic E-state index is -1.14. The smallest absolute Gasteiger partial charge is 0.407 e. The van der Waals surface area contributed by atoms with Crippen molar-refractivity contribution >= 4 is 12.1 Å². The first-order valence-corrected chi connectivity index (χ1v) is 10.6. The molecule has 0 saturated heterocycles. The molecule has 0 bridgehead atoms. The molecule has 1 aliphatic rings. The molecule has 166 valence electrons. The van der Waals surface area contributed by atoms with Gasteiger partial charge in [-0.2, -0.15) is 0 Å². The molecule has 0 spiro atoms. The van der Waals surface area contributed by atoms with Crippen molar-refractivity contribution in [3.63, 3.8) is 0 Å². The lowest BCUT2D eigenvalue weighted by Crippen LogP contribution is -2.42. The summed E-state index contributed by atoms with van der Waals surface area (Å²) >= 11 is 0. The number of ether oxygens (including phenoxy) is 2. The van der Waals surface area contributed by atoms with Crippen LogP contribution in [0.4, 0.5) is 4.79 Å². The molecule has 0 heterocycles. The Bertz CT molecular complexity index is 1150. The maximum Gasteiger partial charge on any atom is 0.407 e. The number of aliphatic carboxylic acids is 1. The number of hydrogen-bond donors (Lipinski definition) is 2. The fourth-order valence-corrected chi connectivity index (χ4v) is 4.06. The highest BCUT2D eigenvalue weighted by molar-refractivity contribution is 5.81. The average Bonchev–Trinajstić information content (AvgIpc) is 3.15. The molecule has 0 aliphatic heterocycles. The molecule has 2 N–H and O–H groups in total. The van der Waals surface area contributed by atoms with Gasteiger partial charge in [0, 0.05) is 12.3 Å². The number of nitrogens with one attached hydrogen (secondary N) is 1. The molecule has 1 unspecified atom stereocenters. The summed E-state index contributed by atoms with van der Waals surface area (Å²) in [5.74, 6) is 1.73. The van der Waals surface area contributed by atoms with E-state index in [0.717, 1.165) is 27.8 Å². The number of rotatable bonds is 8. The molecule has 4 rings (SSSR count). The molecule has 0 aromatic heterocycles. The van der Waals surface area contributed by atoms with Crippen molar-refractivity contribution in [2.24, 2.45) is 0 Å². The van der Waals surface area contributed by atoms with E-state index in [1.165, 1.54) is 0 Å². The van der Waals surface area contributed by atoms with Crippen molar-refractivity contribution in [3.8, 4) is 29.2 Å². The zero-order valence-electron chi connectivity index (χ0n) is 17.9. The third-order valence-electron chi connectivity index (χ3n) is 5.62. The first-order valence-electron chi connectivity index (χ1n) is 10.6. The third-order valence-corrected chi connectivity index (χ3v) is 5.62. The lowest BCUT2D eigenvalue weighted by molar-refractivity contribution is -0.139. The zero-order valence-corrected chi connectivity index (χ0v) is 17.9. The second-order valence-electron chi connectivity index (χ2n) is 7.70. The molecule has 6 nitrogen and oxygen atoms in total. The van der Waals surface area contributed by atoms with Crippen LogP contribution in [-0.4, -0.2) is 36.4 Å². The number of terminal acetylenes is 1. The van der Waals surface area contributed by atoms with Gasteiger partial charge in [-0.25, -0.2) is 9.59 Å². The molecule has 0 fully saturated rings. The summed E-state index contributed by atoms with van der Waals surface area (Å²) in [4.78, 5) is 24.2. The van der Waals surface area contributed by atoms with E-state index in [1.807, 2.05) is 36.4 Å². The number of alkyl carbamates (subject to hydrolysis) is 1. The van der Waals surface area contributed by atoms with Gasteiger partial charge in [0.05, 0.1) is 0 Å². The molecule has 33 heavy (non-hydrogen) atoms. The lowest BCUT2D eigenvalue weighted by Gasteiger charge is -2.17. The summed E-state index contributed by atoms with van der Waals surface area (Å²) in [6.07, 6.45) is 4.51. The summed E-state index contributed by atoms with van der Waals surface area (Å²) in [6, 6.07) is 21.8. The number of hydrogen-bond acceptors (Lipinski definition) is 4. The maximum atomic E-state index is 12.5. The van der Waals surface area contributed by atoms with Crippen molar-refractivity contribution < 1.29 is 24.2 Å². The number of carboxylic acid groups (broad SMARTS) is 1. The van der Waals surface area contributed by atoms with Gasteiger partial charge in [0.15, 0.2) is 0 Å². The molecule has 1 atom stereocenters. The molecule has 3 aromatic carbocycles. The first kappa shape index (κ1) is 22.0. The van der Waals surface area contributed by atoms with E-state index in [-0.39, 0.29) is 25.6 Å². The van der Waals surface area contributed by atoms with Gasteiger partial charge in [0.1, 0.15) is 25.0 Å². The predicted octanol–water partition coefficient (Wildman–Crippen LogP) is 4.23. The van der Waals surface area contributed by atoms with Gasteiger partial charge in [-0.05, 0) is 39.9 Å². The third kappa shape index (κ3) is 4.99. The SMILES string of the molecule is C#CCOc1ccc(CC(NC(=O)OCC2c3ccccc3-c3ccccc32)C(=O)O)cc1. The molecule has 0 radical (unpaired) electrons. The fraction of sp³-hybridized carbons (Fsp3) is 0.185. The topological polar surface area (TPSA) is 84.9 Å². The van der Waals surface area contributed by atoms with Crippen LogP contribution >= 0.6 is 0 Å². The Morgan fingerprint density at radius 1 is 0.970 bits per heavy atom. The number of benzene rings is 3. The Morgan fingerprint density at radius 2 is 1.58 bits per heavy atom. The van der Waals surface area contributed by atoms with Crippen molar-refractivity contribution in [2.75, 3.05) is 13.2 Å². The standard InChI is InChI=1S/C27H23NO5/c1-2-15-32-19-13-11-18(12-14-19)16-25(26(29)30)28-27(31)33-17-24-22-9-5-3-7-20(22)21-8-4-6-10-23(21)24/h1,3-14,24-25H,15-17H2,(H,28,31)(H,29,30). The summed E-state index contributed by atoms with van der Waals surface area (Å²) in [7, 11) is 0. The fourth-order valence-electron chi connectivity index (χ4n) is 4.06. The average molecular weight is 441 g/mol. The van der Waals surface area contributed by atoms with Crippen LogP contribution in [0.15, 0.2) is 72.8 Å². The second kappa shape index (κ2) is 9.92.